The third-order valence-corrected chi connectivity index (χ3v) is 6.14. The van der Waals surface area contributed by atoms with Gasteiger partial charge in [-0.15, -0.1) is 0 Å². The highest BCUT2D eigenvalue weighted by atomic mass is 32.2. The number of carbonyl (C=O) groups excluding carboxylic acids is 1. The Morgan fingerprint density at radius 2 is 1.90 bits per heavy atom. The minimum Gasteiger partial charge on any atom is -0.335 e. The van der Waals surface area contributed by atoms with Crippen LogP contribution < -0.4 is 0 Å². The molecule has 0 radical (unpaired) electrons. The van der Waals surface area contributed by atoms with Crippen molar-refractivity contribution < 1.29 is 17.6 Å². The van der Waals surface area contributed by atoms with E-state index in [1.54, 1.807) is 17.0 Å². The van der Waals surface area contributed by atoms with Crippen LogP contribution in [0.15, 0.2) is 24.3 Å². The lowest BCUT2D eigenvalue weighted by Gasteiger charge is -2.27. The fourth-order valence-corrected chi connectivity index (χ4v) is 5.02. The standard InChI is InChI=1S/C15H18FNO3S/c16-13-5-3-11(4-6-13)14-2-1-8-17(14)15(18)12-7-9-21(19,20)10-12/h3-6,12,14H,1-2,7-10H2. The molecule has 4 nitrogen and oxygen atoms in total. The summed E-state index contributed by atoms with van der Waals surface area (Å²) in [5.41, 5.74) is 0.920. The summed E-state index contributed by atoms with van der Waals surface area (Å²) in [4.78, 5) is 14.3. The second kappa shape index (κ2) is 5.40. The molecule has 2 aliphatic heterocycles. The van der Waals surface area contributed by atoms with E-state index in [0.29, 0.717) is 13.0 Å². The number of hydrogen-bond acceptors (Lipinski definition) is 3. The summed E-state index contributed by atoms with van der Waals surface area (Å²) in [6.45, 7) is 0.650. The van der Waals surface area contributed by atoms with Crippen molar-refractivity contribution in [1.29, 1.82) is 0 Å². The lowest BCUT2D eigenvalue weighted by molar-refractivity contribution is -0.135. The van der Waals surface area contributed by atoms with E-state index < -0.39 is 15.8 Å². The molecule has 0 spiro atoms. The maximum absolute atomic E-state index is 13.0. The van der Waals surface area contributed by atoms with Crippen molar-refractivity contribution in [3.8, 4) is 0 Å². The van der Waals surface area contributed by atoms with Crippen molar-refractivity contribution >= 4 is 15.7 Å². The first-order valence-electron chi connectivity index (χ1n) is 7.23. The van der Waals surface area contributed by atoms with Crippen LogP contribution in [0.25, 0.3) is 0 Å². The number of likely N-dealkylation sites (tertiary alicyclic amines) is 1. The van der Waals surface area contributed by atoms with Gasteiger partial charge in [0.25, 0.3) is 0 Å². The van der Waals surface area contributed by atoms with Gasteiger partial charge in [-0.05, 0) is 37.0 Å². The number of hydrogen-bond donors (Lipinski definition) is 0. The van der Waals surface area contributed by atoms with Crippen LogP contribution in [0.5, 0.6) is 0 Å². The van der Waals surface area contributed by atoms with Gasteiger partial charge in [0, 0.05) is 6.54 Å². The van der Waals surface area contributed by atoms with Gasteiger partial charge in [-0.3, -0.25) is 4.79 Å². The van der Waals surface area contributed by atoms with Crippen molar-refractivity contribution in [2.24, 2.45) is 5.92 Å². The molecule has 114 valence electrons. The minimum atomic E-state index is -3.05. The van der Waals surface area contributed by atoms with E-state index in [4.69, 9.17) is 0 Å². The summed E-state index contributed by atoms with van der Waals surface area (Å²) in [5.74, 6) is -0.688. The second-order valence-corrected chi connectivity index (χ2v) is 8.07. The van der Waals surface area contributed by atoms with E-state index in [2.05, 4.69) is 0 Å². The van der Waals surface area contributed by atoms with Gasteiger partial charge in [-0.25, -0.2) is 12.8 Å². The molecule has 3 rings (SSSR count). The predicted octanol–water partition coefficient (Wildman–Crippen LogP) is 1.92. The Morgan fingerprint density at radius 3 is 2.52 bits per heavy atom. The summed E-state index contributed by atoms with van der Waals surface area (Å²) in [7, 11) is -3.05. The predicted molar refractivity (Wildman–Crippen MR) is 76.8 cm³/mol. The molecule has 0 aromatic heterocycles. The number of halogens is 1. The average molecular weight is 311 g/mol. The highest BCUT2D eigenvalue weighted by molar-refractivity contribution is 7.91. The topological polar surface area (TPSA) is 54.5 Å². The van der Waals surface area contributed by atoms with Gasteiger partial charge in [0.05, 0.1) is 23.5 Å². The maximum Gasteiger partial charge on any atom is 0.227 e. The van der Waals surface area contributed by atoms with Crippen molar-refractivity contribution in [2.75, 3.05) is 18.1 Å². The van der Waals surface area contributed by atoms with Crippen LogP contribution in [0.1, 0.15) is 30.9 Å². The zero-order valence-electron chi connectivity index (χ0n) is 11.7. The molecular weight excluding hydrogens is 293 g/mol. The molecule has 2 unspecified atom stereocenters. The lowest BCUT2D eigenvalue weighted by atomic mass is 10.0. The van der Waals surface area contributed by atoms with E-state index in [1.165, 1.54) is 12.1 Å². The molecule has 6 heteroatoms. The van der Waals surface area contributed by atoms with E-state index in [-0.39, 0.29) is 29.3 Å². The molecule has 21 heavy (non-hydrogen) atoms. The van der Waals surface area contributed by atoms with Crippen LogP contribution in [0.3, 0.4) is 0 Å². The number of carbonyl (C=O) groups is 1. The molecule has 2 heterocycles. The highest BCUT2D eigenvalue weighted by Gasteiger charge is 2.39. The molecule has 2 aliphatic rings. The van der Waals surface area contributed by atoms with Crippen molar-refractivity contribution in [2.45, 2.75) is 25.3 Å². The molecule has 2 atom stereocenters. The Bertz CT molecular complexity index is 641. The summed E-state index contributed by atoms with van der Waals surface area (Å²) in [6.07, 6.45) is 2.16. The van der Waals surface area contributed by atoms with Crippen LogP contribution in [0, 0.1) is 11.7 Å². The summed E-state index contributed by atoms with van der Waals surface area (Å²) >= 11 is 0. The first kappa shape index (κ1) is 14.5. The summed E-state index contributed by atoms with van der Waals surface area (Å²) < 4.78 is 36.1. The van der Waals surface area contributed by atoms with Gasteiger partial charge in [0.1, 0.15) is 5.82 Å². The fourth-order valence-electron chi connectivity index (χ4n) is 3.29. The van der Waals surface area contributed by atoms with E-state index in [1.807, 2.05) is 0 Å². The number of sulfone groups is 1. The van der Waals surface area contributed by atoms with E-state index >= 15 is 0 Å². The number of nitrogens with zero attached hydrogens (tertiary/aromatic N) is 1. The smallest absolute Gasteiger partial charge is 0.227 e. The Hall–Kier alpha value is -1.43. The van der Waals surface area contributed by atoms with Gasteiger partial charge in [-0.2, -0.15) is 0 Å². The van der Waals surface area contributed by atoms with Gasteiger partial charge in [0.15, 0.2) is 9.84 Å². The van der Waals surface area contributed by atoms with Gasteiger partial charge < -0.3 is 4.90 Å². The zero-order chi connectivity index (χ0) is 15.0. The number of rotatable bonds is 2. The monoisotopic (exact) mass is 311 g/mol. The fraction of sp³-hybridized carbons (Fsp3) is 0.533. The Morgan fingerprint density at radius 1 is 1.19 bits per heavy atom. The molecule has 0 saturated carbocycles. The van der Waals surface area contributed by atoms with E-state index in [9.17, 15) is 17.6 Å². The van der Waals surface area contributed by atoms with Crippen LogP contribution in [-0.4, -0.2) is 37.3 Å². The third kappa shape index (κ3) is 2.95. The molecule has 0 aliphatic carbocycles. The highest BCUT2D eigenvalue weighted by Crippen LogP contribution is 2.34. The van der Waals surface area contributed by atoms with Crippen LogP contribution >= 0.6 is 0 Å². The van der Waals surface area contributed by atoms with E-state index in [0.717, 1.165) is 18.4 Å². The van der Waals surface area contributed by atoms with Crippen LogP contribution in [-0.2, 0) is 14.6 Å². The van der Waals surface area contributed by atoms with Crippen LogP contribution in [0.4, 0.5) is 4.39 Å². The molecule has 0 bridgehead atoms. The van der Waals surface area contributed by atoms with Crippen molar-refractivity contribution in [1.82, 2.24) is 4.90 Å². The Balaban J connectivity index is 1.78. The third-order valence-electron chi connectivity index (χ3n) is 4.37. The Labute approximate surface area is 123 Å². The molecule has 2 fully saturated rings. The molecular formula is C15H18FNO3S. The SMILES string of the molecule is O=C(C1CCS(=O)(=O)C1)N1CCCC1c1ccc(F)cc1. The average Bonchev–Trinajstić information content (AvgIpc) is 3.05. The summed E-state index contributed by atoms with van der Waals surface area (Å²) in [5, 5.41) is 0. The van der Waals surface area contributed by atoms with Gasteiger partial charge >= 0.3 is 0 Å². The van der Waals surface area contributed by atoms with Crippen molar-refractivity contribution in [3.63, 3.8) is 0 Å². The number of amides is 1. The molecule has 2 saturated heterocycles. The second-order valence-electron chi connectivity index (χ2n) is 5.84. The zero-order valence-corrected chi connectivity index (χ0v) is 12.5. The first-order valence-corrected chi connectivity index (χ1v) is 9.05. The maximum atomic E-state index is 13.0. The lowest BCUT2D eigenvalue weighted by Crippen LogP contribution is -2.36. The first-order chi connectivity index (χ1) is 9.96. The molecule has 0 N–H and O–H groups in total. The largest absolute Gasteiger partial charge is 0.335 e. The molecule has 1 aromatic rings. The Kier molecular flexibility index (Phi) is 3.73. The quantitative estimate of drug-likeness (QED) is 0.838. The molecule has 1 aromatic carbocycles. The minimum absolute atomic E-state index is 0.0293. The molecule has 1 amide bonds. The van der Waals surface area contributed by atoms with Crippen LogP contribution in [0.2, 0.25) is 0 Å². The van der Waals surface area contributed by atoms with Gasteiger partial charge in [-0.1, -0.05) is 12.1 Å². The number of benzene rings is 1. The normalized spacial score (nSPS) is 28.0. The van der Waals surface area contributed by atoms with Crippen molar-refractivity contribution in [3.05, 3.63) is 35.6 Å². The van der Waals surface area contributed by atoms with Gasteiger partial charge in [0.2, 0.25) is 5.91 Å². The summed E-state index contributed by atoms with van der Waals surface area (Å²) in [6, 6.07) is 6.15.